The third kappa shape index (κ3) is 7.22. The second kappa shape index (κ2) is 13.0. The molecule has 0 radical (unpaired) electrons. The number of nitrogens with zero attached hydrogens (tertiary/aromatic N) is 3. The quantitative estimate of drug-likeness (QED) is 0.256. The lowest BCUT2D eigenvalue weighted by atomic mass is 9.81. The number of rotatable bonds is 8. The molecule has 1 aliphatic rings. The summed E-state index contributed by atoms with van der Waals surface area (Å²) in [7, 11) is 4.06. The van der Waals surface area contributed by atoms with E-state index in [0.717, 1.165) is 30.3 Å². The molecular weight excluding hydrogens is 412 g/mol. The van der Waals surface area contributed by atoms with Crippen LogP contribution in [0.5, 0.6) is 0 Å². The summed E-state index contributed by atoms with van der Waals surface area (Å²) >= 11 is 5.34. The van der Waals surface area contributed by atoms with E-state index in [0.29, 0.717) is 10.7 Å². The minimum absolute atomic E-state index is 0.376. The zero-order valence-electron chi connectivity index (χ0n) is 20.3. The summed E-state index contributed by atoms with van der Waals surface area (Å²) in [6, 6.07) is 8.33. The van der Waals surface area contributed by atoms with Crippen molar-refractivity contribution in [3.63, 3.8) is 0 Å². The van der Waals surface area contributed by atoms with Crippen LogP contribution < -0.4 is 4.90 Å². The van der Waals surface area contributed by atoms with Crippen LogP contribution in [0, 0.1) is 10.7 Å². The Morgan fingerprint density at radius 3 is 2.53 bits per heavy atom. The molecule has 32 heavy (non-hydrogen) atoms. The summed E-state index contributed by atoms with van der Waals surface area (Å²) in [5.41, 5.74) is 6.73. The minimum atomic E-state index is 0.376. The summed E-state index contributed by atoms with van der Waals surface area (Å²) < 4.78 is 2.66. The largest absolute Gasteiger partial charge is 0.378 e. The molecule has 1 saturated carbocycles. The van der Waals surface area contributed by atoms with Gasteiger partial charge in [0.2, 0.25) is 0 Å². The second-order valence-electron chi connectivity index (χ2n) is 8.51. The fourth-order valence-corrected chi connectivity index (χ4v) is 3.68. The van der Waals surface area contributed by atoms with E-state index < -0.39 is 0 Å². The first-order valence-electron chi connectivity index (χ1n) is 11.6. The molecule has 1 N–H and O–H groups in total. The van der Waals surface area contributed by atoms with Crippen molar-refractivity contribution in [1.82, 2.24) is 14.8 Å². The highest BCUT2D eigenvalue weighted by atomic mass is 32.1. The van der Waals surface area contributed by atoms with Crippen molar-refractivity contribution in [3.8, 4) is 5.69 Å². The van der Waals surface area contributed by atoms with Crippen LogP contribution in [-0.4, -0.2) is 28.9 Å². The van der Waals surface area contributed by atoms with Gasteiger partial charge < -0.3 is 4.90 Å². The predicted molar refractivity (Wildman–Crippen MR) is 140 cm³/mol. The maximum atomic E-state index is 5.34. The first kappa shape index (κ1) is 25.6. The number of anilines is 1. The molecule has 0 spiro atoms. The monoisotopic (exact) mass is 450 g/mol. The topological polar surface area (TPSA) is 36.9 Å². The lowest BCUT2D eigenvalue weighted by Gasteiger charge is -2.24. The van der Waals surface area contributed by atoms with E-state index >= 15 is 0 Å². The smallest absolute Gasteiger partial charge is 0.199 e. The van der Waals surface area contributed by atoms with Crippen molar-refractivity contribution in [2.45, 2.75) is 58.8 Å². The summed E-state index contributed by atoms with van der Waals surface area (Å²) in [5, 5.41) is 7.25. The number of nitrogens with one attached hydrogen (secondary N) is 1. The fourth-order valence-electron chi connectivity index (χ4n) is 3.43. The minimum Gasteiger partial charge on any atom is -0.378 e. The molecular formula is C27H38N4S. The van der Waals surface area contributed by atoms with Gasteiger partial charge in [0.1, 0.15) is 5.82 Å². The molecule has 1 heterocycles. The van der Waals surface area contributed by atoms with Crippen LogP contribution in [0.3, 0.4) is 0 Å². The van der Waals surface area contributed by atoms with E-state index in [-0.39, 0.29) is 0 Å². The van der Waals surface area contributed by atoms with Crippen molar-refractivity contribution < 1.29 is 0 Å². The number of hydrogen-bond donors (Lipinski definition) is 1. The number of allylic oxidation sites excluding steroid dienone is 4. The molecule has 0 amide bonds. The van der Waals surface area contributed by atoms with E-state index in [1.807, 2.05) is 49.9 Å². The summed E-state index contributed by atoms with van der Waals surface area (Å²) in [5.74, 6) is 2.27. The number of aromatic amines is 1. The van der Waals surface area contributed by atoms with E-state index in [9.17, 15) is 0 Å². The fraction of sp³-hybridized carbons (Fsp3) is 0.444. The van der Waals surface area contributed by atoms with Gasteiger partial charge >= 0.3 is 0 Å². The van der Waals surface area contributed by atoms with Gasteiger partial charge in [-0.05, 0) is 73.8 Å². The van der Waals surface area contributed by atoms with Crippen LogP contribution in [0.2, 0.25) is 0 Å². The van der Waals surface area contributed by atoms with Crippen LogP contribution in [0.25, 0.3) is 5.69 Å². The Morgan fingerprint density at radius 1 is 1.34 bits per heavy atom. The van der Waals surface area contributed by atoms with Gasteiger partial charge in [0.25, 0.3) is 0 Å². The highest BCUT2D eigenvalue weighted by Crippen LogP contribution is 2.31. The van der Waals surface area contributed by atoms with Gasteiger partial charge in [0.15, 0.2) is 4.77 Å². The number of benzene rings is 1. The van der Waals surface area contributed by atoms with Crippen molar-refractivity contribution in [3.05, 3.63) is 77.0 Å². The summed E-state index contributed by atoms with van der Waals surface area (Å²) in [6.07, 6.45) is 14.3. The molecule has 2 aromatic rings. The number of hydrogen-bond acceptors (Lipinski definition) is 3. The molecule has 1 fully saturated rings. The van der Waals surface area contributed by atoms with Gasteiger partial charge in [0, 0.05) is 31.4 Å². The van der Waals surface area contributed by atoms with E-state index in [1.165, 1.54) is 30.5 Å². The van der Waals surface area contributed by atoms with Gasteiger partial charge in [-0.1, -0.05) is 57.9 Å². The molecule has 5 heteroatoms. The van der Waals surface area contributed by atoms with Crippen LogP contribution >= 0.6 is 12.2 Å². The van der Waals surface area contributed by atoms with Crippen molar-refractivity contribution >= 4 is 17.9 Å². The Balaban J connectivity index is 0.000000244. The maximum absolute atomic E-state index is 5.34. The van der Waals surface area contributed by atoms with E-state index in [4.69, 9.17) is 12.2 Å². The summed E-state index contributed by atoms with van der Waals surface area (Å²) in [6.45, 7) is 10.1. The molecule has 1 atom stereocenters. The van der Waals surface area contributed by atoms with E-state index in [2.05, 4.69) is 65.5 Å². The standard InChI is InChI=1S/C14H20N4S.C13H18/c1-5-10(2)13-15-16-14(19)18(13)12-8-6-11(7-9-12)17(3)4;1-3-5-6-8-12(4-2)11-13-9-7-10-13/h6-10H,5H2,1-4H3,(H,16,19);3-6,13H,2,7,9-11H2,1H3/b;5-3-. The SMILES string of the molecule is C=CC(=C=C/C=C\C)CC1CCC1.CCC(C)c1n[nH]c(=S)n1-c1ccc(N(C)C)cc1. The Morgan fingerprint density at radius 2 is 2.03 bits per heavy atom. The molecule has 0 saturated heterocycles. The zero-order chi connectivity index (χ0) is 23.5. The van der Waals surface area contributed by atoms with Crippen LogP contribution in [0.1, 0.15) is 64.6 Å². The molecule has 1 aliphatic carbocycles. The molecule has 1 unspecified atom stereocenters. The van der Waals surface area contributed by atoms with Crippen molar-refractivity contribution in [2.75, 3.05) is 19.0 Å². The van der Waals surface area contributed by atoms with Gasteiger partial charge in [0.05, 0.1) is 0 Å². The highest BCUT2D eigenvalue weighted by molar-refractivity contribution is 7.71. The molecule has 0 bridgehead atoms. The number of H-pyrrole nitrogens is 1. The maximum Gasteiger partial charge on any atom is 0.199 e. The van der Waals surface area contributed by atoms with Crippen LogP contribution in [0.15, 0.2) is 66.5 Å². The predicted octanol–water partition coefficient (Wildman–Crippen LogP) is 7.53. The highest BCUT2D eigenvalue weighted by Gasteiger charge is 2.17. The van der Waals surface area contributed by atoms with Crippen LogP contribution in [0.4, 0.5) is 5.69 Å². The average molecular weight is 451 g/mol. The van der Waals surface area contributed by atoms with Gasteiger partial charge in [-0.2, -0.15) is 5.10 Å². The summed E-state index contributed by atoms with van der Waals surface area (Å²) in [4.78, 5) is 2.08. The molecule has 1 aromatic carbocycles. The van der Waals surface area contributed by atoms with Crippen molar-refractivity contribution in [2.24, 2.45) is 5.92 Å². The second-order valence-corrected chi connectivity index (χ2v) is 8.90. The third-order valence-corrected chi connectivity index (χ3v) is 6.19. The molecule has 3 rings (SSSR count). The lowest BCUT2D eigenvalue weighted by Crippen LogP contribution is -2.10. The molecule has 0 aliphatic heterocycles. The molecule has 4 nitrogen and oxygen atoms in total. The van der Waals surface area contributed by atoms with Gasteiger partial charge in [-0.25, -0.2) is 0 Å². The zero-order valence-corrected chi connectivity index (χ0v) is 21.1. The average Bonchev–Trinajstić information content (AvgIpc) is 3.16. The Hall–Kier alpha value is -2.62. The third-order valence-electron chi connectivity index (χ3n) is 5.91. The molecule has 1 aromatic heterocycles. The van der Waals surface area contributed by atoms with Gasteiger partial charge in [-0.3, -0.25) is 9.67 Å². The van der Waals surface area contributed by atoms with Crippen LogP contribution in [-0.2, 0) is 0 Å². The Bertz CT molecular complexity index is 997. The van der Waals surface area contributed by atoms with Crippen molar-refractivity contribution in [1.29, 1.82) is 0 Å². The molecule has 172 valence electrons. The normalized spacial score (nSPS) is 14.0. The first-order valence-corrected chi connectivity index (χ1v) is 12.0. The first-order chi connectivity index (χ1) is 15.4. The Kier molecular flexibility index (Phi) is 10.5. The van der Waals surface area contributed by atoms with Gasteiger partial charge in [-0.15, -0.1) is 5.73 Å². The van der Waals surface area contributed by atoms with E-state index in [1.54, 1.807) is 0 Å². The lowest BCUT2D eigenvalue weighted by molar-refractivity contribution is 0.316. The number of aromatic nitrogens is 3. The Labute approximate surface area is 199 Å².